The van der Waals surface area contributed by atoms with Crippen molar-refractivity contribution in [1.29, 1.82) is 0 Å². The van der Waals surface area contributed by atoms with Crippen LogP contribution in [0.15, 0.2) is 18.2 Å². The Hall–Kier alpha value is -0.870. The smallest absolute Gasteiger partial charge is 0.152 e. The molecule has 0 amide bonds. The summed E-state index contributed by atoms with van der Waals surface area (Å²) in [5.74, 6) is 0.290. The molecule has 0 aromatic heterocycles. The molecule has 0 heterocycles. The minimum atomic E-state index is -3.05. The lowest BCUT2D eigenvalue weighted by atomic mass is 10.0. The molecular weight excluding hydrogens is 258 g/mol. The third kappa shape index (κ3) is 5.33. The van der Waals surface area contributed by atoms with Crippen molar-refractivity contribution >= 4 is 9.84 Å². The molecule has 19 heavy (non-hydrogen) atoms. The molecule has 0 aliphatic rings. The summed E-state index contributed by atoms with van der Waals surface area (Å²) in [7, 11) is -3.05. The van der Waals surface area contributed by atoms with Crippen LogP contribution in [0.5, 0.6) is 0 Å². The first-order valence-corrected chi connectivity index (χ1v) is 8.71. The van der Waals surface area contributed by atoms with Crippen LogP contribution in [0.1, 0.15) is 48.9 Å². The van der Waals surface area contributed by atoms with Gasteiger partial charge in [0, 0.05) is 6.04 Å². The summed E-state index contributed by atoms with van der Waals surface area (Å²) in [4.78, 5) is 0. The Morgan fingerprint density at radius 2 is 1.84 bits per heavy atom. The number of benzene rings is 1. The quantitative estimate of drug-likeness (QED) is 0.783. The van der Waals surface area contributed by atoms with Gasteiger partial charge in [0.25, 0.3) is 0 Å². The minimum Gasteiger partial charge on any atom is -0.323 e. The van der Waals surface area contributed by atoms with Gasteiger partial charge in [0.1, 0.15) is 0 Å². The second-order valence-electron chi connectivity index (χ2n) is 5.27. The molecule has 0 radical (unpaired) electrons. The van der Waals surface area contributed by atoms with E-state index >= 15 is 0 Å². The van der Waals surface area contributed by atoms with Crippen LogP contribution >= 0.6 is 0 Å². The molecular formula is C15H25NO2S. The van der Waals surface area contributed by atoms with Gasteiger partial charge in [-0.15, -0.1) is 0 Å². The zero-order valence-corrected chi connectivity index (χ0v) is 13.0. The van der Waals surface area contributed by atoms with Crippen LogP contribution in [0.2, 0.25) is 0 Å². The van der Waals surface area contributed by atoms with Crippen molar-refractivity contribution in [1.82, 2.24) is 0 Å². The molecule has 4 heteroatoms. The van der Waals surface area contributed by atoms with Crippen molar-refractivity contribution in [3.05, 3.63) is 34.9 Å². The van der Waals surface area contributed by atoms with E-state index in [2.05, 4.69) is 6.92 Å². The van der Waals surface area contributed by atoms with Gasteiger partial charge in [0.05, 0.1) is 11.5 Å². The molecule has 1 atom stereocenters. The molecule has 1 unspecified atom stereocenters. The first-order valence-electron chi connectivity index (χ1n) is 6.89. The number of hydrogen-bond acceptors (Lipinski definition) is 3. The summed E-state index contributed by atoms with van der Waals surface area (Å²) in [6.07, 6.45) is 2.72. The monoisotopic (exact) mass is 283 g/mol. The van der Waals surface area contributed by atoms with Crippen LogP contribution in [0.25, 0.3) is 0 Å². The summed E-state index contributed by atoms with van der Waals surface area (Å²) in [6, 6.07) is 5.48. The van der Waals surface area contributed by atoms with Gasteiger partial charge in [0.2, 0.25) is 0 Å². The van der Waals surface area contributed by atoms with Crippen LogP contribution in [-0.2, 0) is 9.84 Å². The van der Waals surface area contributed by atoms with Crippen molar-refractivity contribution in [3.63, 3.8) is 0 Å². The Morgan fingerprint density at radius 3 is 2.42 bits per heavy atom. The first-order chi connectivity index (χ1) is 8.85. The number of unbranched alkanes of at least 4 members (excludes halogenated alkanes) is 2. The Morgan fingerprint density at radius 1 is 1.16 bits per heavy atom. The molecule has 1 aromatic carbocycles. The largest absolute Gasteiger partial charge is 0.323 e. The minimum absolute atomic E-state index is 0.0409. The Kier molecular flexibility index (Phi) is 6.01. The lowest BCUT2D eigenvalue weighted by molar-refractivity contribution is 0.584. The number of aryl methyl sites for hydroxylation is 2. The van der Waals surface area contributed by atoms with Crippen LogP contribution in [-0.4, -0.2) is 19.9 Å². The average Bonchev–Trinajstić information content (AvgIpc) is 2.32. The first kappa shape index (κ1) is 16.2. The van der Waals surface area contributed by atoms with Crippen molar-refractivity contribution in [2.75, 3.05) is 11.5 Å². The van der Waals surface area contributed by atoms with Gasteiger partial charge >= 0.3 is 0 Å². The number of nitrogens with two attached hydrogens (primary N) is 1. The normalized spacial score (nSPS) is 13.5. The van der Waals surface area contributed by atoms with Crippen molar-refractivity contribution in [3.8, 4) is 0 Å². The second kappa shape index (κ2) is 7.06. The highest BCUT2D eigenvalue weighted by Crippen LogP contribution is 2.17. The molecule has 1 rings (SSSR count). The fourth-order valence-corrected chi connectivity index (χ4v) is 3.57. The van der Waals surface area contributed by atoms with Gasteiger partial charge in [-0.2, -0.15) is 0 Å². The molecule has 1 aromatic rings. The lowest BCUT2D eigenvalue weighted by Gasteiger charge is -2.14. The lowest BCUT2D eigenvalue weighted by Crippen LogP contribution is -2.23. The Labute approximate surface area is 117 Å². The zero-order valence-electron chi connectivity index (χ0n) is 12.1. The summed E-state index contributed by atoms with van der Waals surface area (Å²) < 4.78 is 23.9. The van der Waals surface area contributed by atoms with Gasteiger partial charge in [-0.25, -0.2) is 8.42 Å². The summed E-state index contributed by atoms with van der Waals surface area (Å²) in [5, 5.41) is 0. The number of rotatable bonds is 7. The molecule has 0 saturated carbocycles. The molecule has 108 valence electrons. The van der Waals surface area contributed by atoms with E-state index < -0.39 is 15.9 Å². The van der Waals surface area contributed by atoms with Crippen molar-refractivity contribution in [2.24, 2.45) is 5.73 Å². The van der Waals surface area contributed by atoms with E-state index in [1.807, 2.05) is 32.0 Å². The van der Waals surface area contributed by atoms with Gasteiger partial charge in [0.15, 0.2) is 9.84 Å². The average molecular weight is 283 g/mol. The van der Waals surface area contributed by atoms with Gasteiger partial charge in [-0.3, -0.25) is 0 Å². The molecule has 3 nitrogen and oxygen atoms in total. The molecule has 0 saturated heterocycles. The van der Waals surface area contributed by atoms with Crippen LogP contribution in [0.4, 0.5) is 0 Å². The van der Waals surface area contributed by atoms with E-state index in [1.165, 1.54) is 5.56 Å². The number of hydrogen-bond donors (Lipinski definition) is 1. The van der Waals surface area contributed by atoms with E-state index in [1.54, 1.807) is 0 Å². The standard InChI is InChI=1S/C15H25NO2S/c1-4-5-6-9-19(17,18)11-15(16)14-8-7-12(2)13(3)10-14/h7-8,10,15H,4-6,9,11,16H2,1-3H3. The van der Waals surface area contributed by atoms with E-state index in [-0.39, 0.29) is 11.5 Å². The Balaban J connectivity index is 2.67. The van der Waals surface area contributed by atoms with E-state index in [4.69, 9.17) is 5.73 Å². The van der Waals surface area contributed by atoms with Gasteiger partial charge < -0.3 is 5.73 Å². The van der Waals surface area contributed by atoms with Crippen molar-refractivity contribution < 1.29 is 8.42 Å². The maximum atomic E-state index is 12.0. The van der Waals surface area contributed by atoms with Crippen LogP contribution < -0.4 is 5.73 Å². The molecule has 0 aliphatic heterocycles. The third-order valence-electron chi connectivity index (χ3n) is 3.45. The fourth-order valence-electron chi connectivity index (χ4n) is 2.02. The third-order valence-corrected chi connectivity index (χ3v) is 5.23. The van der Waals surface area contributed by atoms with Gasteiger partial charge in [-0.1, -0.05) is 38.0 Å². The molecule has 0 bridgehead atoms. The molecule has 0 fully saturated rings. The zero-order chi connectivity index (χ0) is 14.5. The molecule has 2 N–H and O–H groups in total. The SMILES string of the molecule is CCCCCS(=O)(=O)CC(N)c1ccc(C)c(C)c1. The number of sulfone groups is 1. The van der Waals surface area contributed by atoms with Crippen LogP contribution in [0, 0.1) is 13.8 Å². The fraction of sp³-hybridized carbons (Fsp3) is 0.600. The van der Waals surface area contributed by atoms with Crippen LogP contribution in [0.3, 0.4) is 0 Å². The second-order valence-corrected chi connectivity index (χ2v) is 7.50. The molecule has 0 aliphatic carbocycles. The Bertz CT molecular complexity index is 509. The van der Waals surface area contributed by atoms with Crippen molar-refractivity contribution in [2.45, 2.75) is 46.1 Å². The van der Waals surface area contributed by atoms with Gasteiger partial charge in [-0.05, 0) is 37.0 Å². The summed E-state index contributed by atoms with van der Waals surface area (Å²) >= 11 is 0. The topological polar surface area (TPSA) is 60.2 Å². The maximum Gasteiger partial charge on any atom is 0.152 e. The highest BCUT2D eigenvalue weighted by molar-refractivity contribution is 7.91. The van der Waals surface area contributed by atoms with E-state index in [9.17, 15) is 8.42 Å². The van der Waals surface area contributed by atoms with E-state index in [0.717, 1.165) is 30.4 Å². The molecule has 0 spiro atoms. The van der Waals surface area contributed by atoms with E-state index in [0.29, 0.717) is 0 Å². The maximum absolute atomic E-state index is 12.0. The highest BCUT2D eigenvalue weighted by atomic mass is 32.2. The summed E-state index contributed by atoms with van der Waals surface area (Å²) in [5.41, 5.74) is 9.28. The summed E-state index contributed by atoms with van der Waals surface area (Å²) in [6.45, 7) is 6.11. The highest BCUT2D eigenvalue weighted by Gasteiger charge is 2.17. The predicted octanol–water partition coefficient (Wildman–Crippen LogP) is 2.91. The predicted molar refractivity (Wildman–Crippen MR) is 81.0 cm³/mol.